The highest BCUT2D eigenvalue weighted by Gasteiger charge is 2.11. The van der Waals surface area contributed by atoms with Gasteiger partial charge in [0.25, 0.3) is 0 Å². The molecule has 6 heteroatoms. The number of benzene rings is 2. The van der Waals surface area contributed by atoms with Crippen molar-refractivity contribution in [2.45, 2.75) is 18.2 Å². The van der Waals surface area contributed by atoms with Crippen LogP contribution in [-0.2, 0) is 21.2 Å². The van der Waals surface area contributed by atoms with Gasteiger partial charge in [-0.25, -0.2) is 13.1 Å². The lowest BCUT2D eigenvalue weighted by atomic mass is 10.1. The molecule has 0 radical (unpaired) electrons. The Kier molecular flexibility index (Phi) is 4.95. The average Bonchev–Trinajstić information content (AvgIpc) is 2.50. The molecule has 0 aliphatic heterocycles. The van der Waals surface area contributed by atoms with Gasteiger partial charge in [-0.15, -0.1) is 0 Å². The van der Waals surface area contributed by atoms with E-state index >= 15 is 0 Å². The maximum absolute atomic E-state index is 12.0. The number of hydrogen-bond donors (Lipinski definition) is 2. The average molecular weight is 318 g/mol. The summed E-state index contributed by atoms with van der Waals surface area (Å²) in [5.74, 6) is -0.145. The normalized spacial score (nSPS) is 11.2. The van der Waals surface area contributed by atoms with Crippen LogP contribution in [0.4, 0.5) is 5.69 Å². The molecule has 2 rings (SSSR count). The molecule has 0 saturated heterocycles. The van der Waals surface area contributed by atoms with E-state index in [2.05, 4.69) is 10.0 Å². The minimum absolute atomic E-state index is 0.145. The SMILES string of the molecule is CNS(=O)(=O)c1ccc(NC(=O)Cc2ccc(C)cc2)cc1. The van der Waals surface area contributed by atoms with E-state index < -0.39 is 10.0 Å². The molecular weight excluding hydrogens is 300 g/mol. The maximum Gasteiger partial charge on any atom is 0.240 e. The summed E-state index contributed by atoms with van der Waals surface area (Å²) in [7, 11) is -2.11. The number of hydrogen-bond acceptors (Lipinski definition) is 3. The molecular formula is C16H18N2O3S. The number of sulfonamides is 1. The van der Waals surface area contributed by atoms with Gasteiger partial charge in [-0.2, -0.15) is 0 Å². The van der Waals surface area contributed by atoms with Crippen LogP contribution in [0.3, 0.4) is 0 Å². The van der Waals surface area contributed by atoms with Gasteiger partial charge >= 0.3 is 0 Å². The second kappa shape index (κ2) is 6.72. The Bertz CT molecular complexity index is 751. The molecule has 2 aromatic rings. The predicted octanol–water partition coefficient (Wildman–Crippen LogP) is 2.08. The zero-order valence-corrected chi connectivity index (χ0v) is 13.3. The Labute approximate surface area is 130 Å². The summed E-state index contributed by atoms with van der Waals surface area (Å²) in [6.07, 6.45) is 0.275. The Morgan fingerprint density at radius 2 is 1.59 bits per heavy atom. The molecule has 0 heterocycles. The molecule has 1 amide bonds. The summed E-state index contributed by atoms with van der Waals surface area (Å²) in [5.41, 5.74) is 2.63. The second-order valence-corrected chi connectivity index (χ2v) is 6.83. The van der Waals surface area contributed by atoms with Gasteiger partial charge in [-0.1, -0.05) is 29.8 Å². The van der Waals surface area contributed by atoms with Crippen LogP contribution in [0.2, 0.25) is 0 Å². The van der Waals surface area contributed by atoms with E-state index in [1.165, 1.54) is 19.2 Å². The van der Waals surface area contributed by atoms with Crippen molar-refractivity contribution in [1.29, 1.82) is 0 Å². The molecule has 0 saturated carbocycles. The van der Waals surface area contributed by atoms with Crippen molar-refractivity contribution in [2.24, 2.45) is 0 Å². The van der Waals surface area contributed by atoms with Crippen molar-refractivity contribution in [3.8, 4) is 0 Å². The molecule has 2 aromatic carbocycles. The van der Waals surface area contributed by atoms with Crippen LogP contribution in [0, 0.1) is 6.92 Å². The first-order valence-corrected chi connectivity index (χ1v) is 8.28. The van der Waals surface area contributed by atoms with Crippen LogP contribution in [0.25, 0.3) is 0 Å². The van der Waals surface area contributed by atoms with Crippen molar-refractivity contribution in [3.05, 3.63) is 59.7 Å². The van der Waals surface area contributed by atoms with E-state index in [0.29, 0.717) is 5.69 Å². The molecule has 0 aromatic heterocycles. The first-order valence-electron chi connectivity index (χ1n) is 6.80. The highest BCUT2D eigenvalue weighted by Crippen LogP contribution is 2.14. The first-order chi connectivity index (χ1) is 10.4. The zero-order chi connectivity index (χ0) is 16.2. The Morgan fingerprint density at radius 3 is 2.14 bits per heavy atom. The van der Waals surface area contributed by atoms with Crippen LogP contribution in [0.5, 0.6) is 0 Å². The van der Waals surface area contributed by atoms with Crippen molar-refractivity contribution in [2.75, 3.05) is 12.4 Å². The number of anilines is 1. The maximum atomic E-state index is 12.0. The summed E-state index contributed by atoms with van der Waals surface area (Å²) >= 11 is 0. The minimum atomic E-state index is -3.46. The smallest absolute Gasteiger partial charge is 0.240 e. The summed E-state index contributed by atoms with van der Waals surface area (Å²) < 4.78 is 25.4. The van der Waals surface area contributed by atoms with E-state index in [-0.39, 0.29) is 17.2 Å². The Morgan fingerprint density at radius 1 is 1.00 bits per heavy atom. The second-order valence-electron chi connectivity index (χ2n) is 4.94. The molecule has 0 aliphatic carbocycles. The van der Waals surface area contributed by atoms with E-state index in [1.54, 1.807) is 12.1 Å². The van der Waals surface area contributed by atoms with Crippen molar-refractivity contribution in [1.82, 2.24) is 4.72 Å². The van der Waals surface area contributed by atoms with Crippen LogP contribution < -0.4 is 10.0 Å². The molecule has 0 unspecified atom stereocenters. The standard InChI is InChI=1S/C16H18N2O3S/c1-12-3-5-13(6-4-12)11-16(19)18-14-7-9-15(10-8-14)22(20,21)17-2/h3-10,17H,11H2,1-2H3,(H,18,19). The lowest BCUT2D eigenvalue weighted by Crippen LogP contribution is -2.18. The van der Waals surface area contributed by atoms with Crippen molar-refractivity contribution >= 4 is 21.6 Å². The fourth-order valence-corrected chi connectivity index (χ4v) is 2.66. The van der Waals surface area contributed by atoms with Gasteiger partial charge in [0.15, 0.2) is 0 Å². The van der Waals surface area contributed by atoms with Gasteiger partial charge in [-0.3, -0.25) is 4.79 Å². The van der Waals surface area contributed by atoms with Crippen LogP contribution in [0.1, 0.15) is 11.1 Å². The number of aryl methyl sites for hydroxylation is 1. The largest absolute Gasteiger partial charge is 0.326 e. The molecule has 0 atom stereocenters. The number of amides is 1. The summed E-state index contributed by atoms with van der Waals surface area (Å²) in [6, 6.07) is 13.8. The Hall–Kier alpha value is -2.18. The number of rotatable bonds is 5. The number of carbonyl (C=O) groups excluding carboxylic acids is 1. The molecule has 5 nitrogen and oxygen atoms in total. The molecule has 0 bridgehead atoms. The molecule has 0 fully saturated rings. The predicted molar refractivity (Wildman–Crippen MR) is 86.2 cm³/mol. The van der Waals surface area contributed by atoms with E-state index in [4.69, 9.17) is 0 Å². The van der Waals surface area contributed by atoms with Crippen LogP contribution >= 0.6 is 0 Å². The van der Waals surface area contributed by atoms with Crippen LogP contribution in [-0.4, -0.2) is 21.4 Å². The topological polar surface area (TPSA) is 75.3 Å². The van der Waals surface area contributed by atoms with Crippen LogP contribution in [0.15, 0.2) is 53.4 Å². The third-order valence-corrected chi connectivity index (χ3v) is 4.63. The summed E-state index contributed by atoms with van der Waals surface area (Å²) in [5, 5.41) is 2.75. The fraction of sp³-hybridized carbons (Fsp3) is 0.188. The van der Waals surface area contributed by atoms with E-state index in [1.807, 2.05) is 31.2 Å². The van der Waals surface area contributed by atoms with Crippen molar-refractivity contribution < 1.29 is 13.2 Å². The lowest BCUT2D eigenvalue weighted by Gasteiger charge is -2.07. The zero-order valence-electron chi connectivity index (χ0n) is 12.5. The highest BCUT2D eigenvalue weighted by atomic mass is 32.2. The van der Waals surface area contributed by atoms with Crippen molar-refractivity contribution in [3.63, 3.8) is 0 Å². The lowest BCUT2D eigenvalue weighted by molar-refractivity contribution is -0.115. The van der Waals surface area contributed by atoms with Gasteiger partial charge in [0.05, 0.1) is 11.3 Å². The highest BCUT2D eigenvalue weighted by molar-refractivity contribution is 7.89. The molecule has 22 heavy (non-hydrogen) atoms. The van der Waals surface area contributed by atoms with E-state index in [9.17, 15) is 13.2 Å². The van der Waals surface area contributed by atoms with Gasteiger partial charge in [-0.05, 0) is 43.8 Å². The molecule has 0 spiro atoms. The minimum Gasteiger partial charge on any atom is -0.326 e. The third kappa shape index (κ3) is 4.16. The van der Waals surface area contributed by atoms with Gasteiger partial charge < -0.3 is 5.32 Å². The summed E-state index contributed by atoms with van der Waals surface area (Å²) in [4.78, 5) is 12.1. The molecule has 2 N–H and O–H groups in total. The van der Waals surface area contributed by atoms with Gasteiger partial charge in [0.1, 0.15) is 0 Å². The number of carbonyl (C=O) groups is 1. The molecule has 116 valence electrons. The third-order valence-electron chi connectivity index (χ3n) is 3.20. The first kappa shape index (κ1) is 16.2. The monoisotopic (exact) mass is 318 g/mol. The number of nitrogens with one attached hydrogen (secondary N) is 2. The fourth-order valence-electron chi connectivity index (χ4n) is 1.93. The molecule has 0 aliphatic rings. The summed E-state index contributed by atoms with van der Waals surface area (Å²) in [6.45, 7) is 1.99. The van der Waals surface area contributed by atoms with E-state index in [0.717, 1.165) is 11.1 Å². The van der Waals surface area contributed by atoms with Gasteiger partial charge in [0.2, 0.25) is 15.9 Å². The quantitative estimate of drug-likeness (QED) is 0.886. The van der Waals surface area contributed by atoms with Gasteiger partial charge in [0, 0.05) is 5.69 Å². The Balaban J connectivity index is 2.01.